The Hall–Kier alpha value is -2.71. The van der Waals surface area contributed by atoms with Crippen molar-refractivity contribution in [1.29, 1.82) is 5.26 Å². The van der Waals surface area contributed by atoms with Crippen molar-refractivity contribution >= 4 is 11.6 Å². The lowest BCUT2D eigenvalue weighted by molar-refractivity contribution is -0.126. The van der Waals surface area contributed by atoms with Crippen molar-refractivity contribution in [3.63, 3.8) is 0 Å². The van der Waals surface area contributed by atoms with Crippen LogP contribution in [0.5, 0.6) is 0 Å². The third-order valence-electron chi connectivity index (χ3n) is 6.06. The molecule has 4 rings (SSSR count). The van der Waals surface area contributed by atoms with E-state index in [1.807, 2.05) is 35.5 Å². The number of hydrogen-bond acceptors (Lipinski definition) is 4. The van der Waals surface area contributed by atoms with E-state index in [9.17, 15) is 4.79 Å². The molecule has 2 aromatic rings. The quantitative estimate of drug-likeness (QED) is 0.823. The molecule has 1 aromatic carbocycles. The highest BCUT2D eigenvalue weighted by atomic mass is 16.2. The first-order valence-corrected chi connectivity index (χ1v) is 10.2. The normalized spacial score (nSPS) is 21.5. The van der Waals surface area contributed by atoms with Gasteiger partial charge in [0.05, 0.1) is 17.7 Å². The molecule has 3 heterocycles. The summed E-state index contributed by atoms with van der Waals surface area (Å²) in [4.78, 5) is 21.7. The molecule has 0 bridgehead atoms. The van der Waals surface area contributed by atoms with Crippen molar-refractivity contribution in [3.05, 3.63) is 59.9 Å². The molecule has 5 nitrogen and oxygen atoms in total. The van der Waals surface area contributed by atoms with Crippen LogP contribution >= 0.6 is 0 Å². The molecule has 0 radical (unpaired) electrons. The number of rotatable bonds is 4. The van der Waals surface area contributed by atoms with Gasteiger partial charge in [0.25, 0.3) is 0 Å². The predicted molar refractivity (Wildman–Crippen MR) is 109 cm³/mol. The van der Waals surface area contributed by atoms with Gasteiger partial charge in [0.15, 0.2) is 0 Å². The molecule has 1 atom stereocenters. The number of aromatic nitrogens is 1. The molecular weight excluding hydrogens is 348 g/mol. The fourth-order valence-electron chi connectivity index (χ4n) is 4.49. The Labute approximate surface area is 166 Å². The van der Waals surface area contributed by atoms with Crippen LogP contribution in [0.2, 0.25) is 0 Å². The van der Waals surface area contributed by atoms with Crippen LogP contribution in [0.25, 0.3) is 0 Å². The van der Waals surface area contributed by atoms with Gasteiger partial charge in [-0.2, -0.15) is 5.26 Å². The third kappa shape index (κ3) is 4.07. The minimum absolute atomic E-state index is 0.0104. The van der Waals surface area contributed by atoms with E-state index < -0.39 is 0 Å². The molecule has 2 aliphatic heterocycles. The second-order valence-corrected chi connectivity index (χ2v) is 7.85. The Morgan fingerprint density at radius 2 is 1.86 bits per heavy atom. The second kappa shape index (κ2) is 8.53. The molecule has 2 aliphatic rings. The molecule has 1 aromatic heterocycles. The third-order valence-corrected chi connectivity index (χ3v) is 6.06. The topological polar surface area (TPSA) is 60.2 Å². The summed E-state index contributed by atoms with van der Waals surface area (Å²) in [7, 11) is 0. The summed E-state index contributed by atoms with van der Waals surface area (Å²) < 4.78 is 0. The number of carbonyl (C=O) groups is 1. The Balaban J connectivity index is 1.36. The maximum Gasteiger partial charge on any atom is 0.244 e. The number of hydrogen-bond donors (Lipinski definition) is 0. The number of nitriles is 1. The van der Waals surface area contributed by atoms with E-state index in [4.69, 9.17) is 5.26 Å². The van der Waals surface area contributed by atoms with Gasteiger partial charge in [0, 0.05) is 24.6 Å². The summed E-state index contributed by atoms with van der Waals surface area (Å²) in [6.07, 6.45) is 9.10. The van der Waals surface area contributed by atoms with Gasteiger partial charge in [-0.25, -0.2) is 0 Å². The lowest BCUT2D eigenvalue weighted by atomic mass is 9.89. The summed E-state index contributed by atoms with van der Waals surface area (Å²) in [5.74, 6) is 0.885. The predicted octanol–water partition coefficient (Wildman–Crippen LogP) is 3.40. The molecule has 0 spiro atoms. The van der Waals surface area contributed by atoms with Gasteiger partial charge in [0.2, 0.25) is 5.91 Å². The number of pyridine rings is 1. The molecule has 28 heavy (non-hydrogen) atoms. The minimum Gasteiger partial charge on any atom is -0.311 e. The second-order valence-electron chi connectivity index (χ2n) is 7.85. The van der Waals surface area contributed by atoms with Gasteiger partial charge in [-0.15, -0.1) is 0 Å². The summed E-state index contributed by atoms with van der Waals surface area (Å²) in [6.45, 7) is 2.74. The van der Waals surface area contributed by atoms with Crippen LogP contribution in [0.3, 0.4) is 0 Å². The van der Waals surface area contributed by atoms with Gasteiger partial charge in [0.1, 0.15) is 0 Å². The number of amides is 1. The largest absolute Gasteiger partial charge is 0.311 e. The van der Waals surface area contributed by atoms with E-state index in [0.29, 0.717) is 11.5 Å². The van der Waals surface area contributed by atoms with Crippen molar-refractivity contribution in [2.75, 3.05) is 24.5 Å². The van der Waals surface area contributed by atoms with Crippen molar-refractivity contribution in [2.45, 2.75) is 38.1 Å². The van der Waals surface area contributed by atoms with Crippen LogP contribution in [-0.4, -0.2) is 41.5 Å². The first-order chi connectivity index (χ1) is 13.7. The van der Waals surface area contributed by atoms with Crippen molar-refractivity contribution in [2.24, 2.45) is 5.92 Å². The zero-order valence-electron chi connectivity index (χ0n) is 16.1. The Morgan fingerprint density at radius 1 is 1.07 bits per heavy atom. The summed E-state index contributed by atoms with van der Waals surface area (Å²) >= 11 is 0. The molecule has 0 aliphatic carbocycles. The van der Waals surface area contributed by atoms with Crippen molar-refractivity contribution in [1.82, 2.24) is 9.88 Å². The van der Waals surface area contributed by atoms with E-state index in [0.717, 1.165) is 57.4 Å². The number of carbonyl (C=O) groups excluding carboxylic acids is 1. The summed E-state index contributed by atoms with van der Waals surface area (Å²) in [6, 6.07) is 13.6. The zero-order chi connectivity index (χ0) is 19.3. The molecule has 2 fully saturated rings. The molecule has 144 valence electrons. The molecule has 2 saturated heterocycles. The summed E-state index contributed by atoms with van der Waals surface area (Å²) in [5.41, 5.74) is 2.84. The number of piperidine rings is 2. The van der Waals surface area contributed by atoms with Crippen LogP contribution in [0.15, 0.2) is 48.8 Å². The van der Waals surface area contributed by atoms with Crippen LogP contribution in [0.4, 0.5) is 5.69 Å². The van der Waals surface area contributed by atoms with E-state index >= 15 is 0 Å². The molecule has 5 heteroatoms. The number of anilines is 1. The fourth-order valence-corrected chi connectivity index (χ4v) is 4.49. The van der Waals surface area contributed by atoms with Gasteiger partial charge in [-0.05, 0) is 87.0 Å². The van der Waals surface area contributed by atoms with E-state index in [1.54, 1.807) is 12.1 Å². The Morgan fingerprint density at radius 3 is 2.54 bits per heavy atom. The van der Waals surface area contributed by atoms with Gasteiger partial charge in [-0.3, -0.25) is 14.7 Å². The molecule has 1 amide bonds. The smallest absolute Gasteiger partial charge is 0.244 e. The van der Waals surface area contributed by atoms with Gasteiger partial charge < -0.3 is 4.90 Å². The standard InChI is InChI=1S/C23H26N4O/c24-16-19-5-7-21(8-6-19)27-12-2-4-22(23(27)28)26-13-9-18(10-14-26)15-20-3-1-11-25-17-20/h1,3,5-8,11,17-18,22H,2,4,9-10,12-15H2. The molecular formula is C23H26N4O. The lowest BCUT2D eigenvalue weighted by Crippen LogP contribution is -2.54. The van der Waals surface area contributed by atoms with Crippen molar-refractivity contribution < 1.29 is 4.79 Å². The first-order valence-electron chi connectivity index (χ1n) is 10.2. The molecule has 0 saturated carbocycles. The highest BCUT2D eigenvalue weighted by Crippen LogP contribution is 2.28. The van der Waals surface area contributed by atoms with E-state index in [-0.39, 0.29) is 11.9 Å². The number of nitrogens with zero attached hydrogens (tertiary/aromatic N) is 4. The fraction of sp³-hybridized carbons (Fsp3) is 0.435. The Kier molecular flexibility index (Phi) is 5.68. The zero-order valence-corrected chi connectivity index (χ0v) is 16.1. The van der Waals surface area contributed by atoms with Crippen LogP contribution < -0.4 is 4.90 Å². The van der Waals surface area contributed by atoms with Gasteiger partial charge >= 0.3 is 0 Å². The first kappa shape index (κ1) is 18.6. The maximum atomic E-state index is 13.2. The number of benzene rings is 1. The average Bonchev–Trinajstić information content (AvgIpc) is 2.75. The molecule has 1 unspecified atom stereocenters. The van der Waals surface area contributed by atoms with E-state index in [2.05, 4.69) is 22.0 Å². The van der Waals surface area contributed by atoms with E-state index in [1.165, 1.54) is 5.56 Å². The van der Waals surface area contributed by atoms with Gasteiger partial charge in [-0.1, -0.05) is 6.07 Å². The highest BCUT2D eigenvalue weighted by molar-refractivity contribution is 5.98. The maximum absolute atomic E-state index is 13.2. The van der Waals surface area contributed by atoms with Crippen molar-refractivity contribution in [3.8, 4) is 6.07 Å². The summed E-state index contributed by atoms with van der Waals surface area (Å²) in [5, 5.41) is 8.98. The average molecular weight is 374 g/mol. The SMILES string of the molecule is N#Cc1ccc(N2CCCC(N3CCC(Cc4cccnc4)CC3)C2=O)cc1. The van der Waals surface area contributed by atoms with Crippen LogP contribution in [-0.2, 0) is 11.2 Å². The Bertz CT molecular complexity index is 835. The lowest BCUT2D eigenvalue weighted by Gasteiger charge is -2.41. The monoisotopic (exact) mass is 374 g/mol. The number of likely N-dealkylation sites (tertiary alicyclic amines) is 1. The minimum atomic E-state index is -0.0104. The highest BCUT2D eigenvalue weighted by Gasteiger charge is 2.35. The molecule has 0 N–H and O–H groups in total. The van der Waals surface area contributed by atoms with Crippen LogP contribution in [0, 0.1) is 17.2 Å². The van der Waals surface area contributed by atoms with Crippen LogP contribution in [0.1, 0.15) is 36.8 Å².